The lowest BCUT2D eigenvalue weighted by atomic mass is 10.5. The number of aromatic amines is 1. The first-order valence-corrected chi connectivity index (χ1v) is 5.91. The van der Waals surface area contributed by atoms with E-state index in [9.17, 15) is 12.8 Å². The number of aromatic nitrogens is 3. The number of anilines is 2. The molecule has 0 aliphatic rings. The van der Waals surface area contributed by atoms with Crippen molar-refractivity contribution in [2.75, 3.05) is 10.5 Å². The monoisotopic (exact) mass is 257 g/mol. The zero-order valence-electron chi connectivity index (χ0n) is 8.38. The van der Waals surface area contributed by atoms with Crippen LogP contribution in [0.2, 0.25) is 0 Å². The van der Waals surface area contributed by atoms with Gasteiger partial charge in [0.1, 0.15) is 0 Å². The number of nitrogens with two attached hydrogens (primary N) is 1. The van der Waals surface area contributed by atoms with E-state index in [2.05, 4.69) is 19.9 Å². The maximum atomic E-state index is 13.3. The van der Waals surface area contributed by atoms with Gasteiger partial charge < -0.3 is 5.73 Å². The number of hydrogen-bond acceptors (Lipinski definition) is 5. The summed E-state index contributed by atoms with van der Waals surface area (Å²) in [7, 11) is -4.12. The van der Waals surface area contributed by atoms with E-state index in [1.165, 1.54) is 18.5 Å². The van der Waals surface area contributed by atoms with Gasteiger partial charge in [-0.2, -0.15) is 13.5 Å². The van der Waals surface area contributed by atoms with Crippen LogP contribution in [0, 0.1) is 5.82 Å². The molecule has 0 aliphatic carbocycles. The molecule has 90 valence electrons. The molecule has 0 atom stereocenters. The van der Waals surface area contributed by atoms with E-state index < -0.39 is 20.9 Å². The quantitative estimate of drug-likeness (QED) is 0.733. The molecule has 2 aromatic rings. The maximum Gasteiger partial charge on any atom is 0.283 e. The van der Waals surface area contributed by atoms with Gasteiger partial charge in [0.05, 0.1) is 11.9 Å². The van der Waals surface area contributed by atoms with Crippen molar-refractivity contribution in [1.82, 2.24) is 15.2 Å². The van der Waals surface area contributed by atoms with Crippen molar-refractivity contribution in [3.8, 4) is 0 Å². The van der Waals surface area contributed by atoms with E-state index in [-0.39, 0.29) is 11.5 Å². The number of sulfonamides is 1. The number of nitrogen functional groups attached to an aromatic ring is 1. The largest absolute Gasteiger partial charge is 0.394 e. The highest BCUT2D eigenvalue weighted by Crippen LogP contribution is 2.18. The van der Waals surface area contributed by atoms with Crippen LogP contribution in [0.4, 0.5) is 15.9 Å². The second-order valence-electron chi connectivity index (χ2n) is 3.10. The number of rotatable bonds is 3. The Hall–Kier alpha value is -2.16. The predicted octanol–water partition coefficient (Wildman–Crippen LogP) is 0.327. The molecule has 0 bridgehead atoms. The normalized spacial score (nSPS) is 11.4. The van der Waals surface area contributed by atoms with Crippen LogP contribution in [0.25, 0.3) is 0 Å². The predicted molar refractivity (Wildman–Crippen MR) is 58.0 cm³/mol. The van der Waals surface area contributed by atoms with Gasteiger partial charge in [0.2, 0.25) is 5.03 Å². The zero-order chi connectivity index (χ0) is 12.5. The van der Waals surface area contributed by atoms with Gasteiger partial charge in [0.25, 0.3) is 10.0 Å². The summed E-state index contributed by atoms with van der Waals surface area (Å²) in [6.45, 7) is 0. The molecule has 2 rings (SSSR count). The minimum atomic E-state index is -4.12. The Balaban J connectivity index is 2.39. The van der Waals surface area contributed by atoms with Gasteiger partial charge >= 0.3 is 0 Å². The average molecular weight is 257 g/mol. The van der Waals surface area contributed by atoms with E-state index in [0.717, 1.165) is 6.07 Å². The fraction of sp³-hybridized carbons (Fsp3) is 0. The minimum Gasteiger partial charge on any atom is -0.394 e. The van der Waals surface area contributed by atoms with Gasteiger partial charge in [-0.3, -0.25) is 9.82 Å². The number of hydrogen-bond donors (Lipinski definition) is 3. The van der Waals surface area contributed by atoms with Crippen LogP contribution in [0.1, 0.15) is 0 Å². The Labute approximate surface area is 95.9 Å². The third-order valence-electron chi connectivity index (χ3n) is 1.88. The molecule has 0 unspecified atom stereocenters. The van der Waals surface area contributed by atoms with Crippen molar-refractivity contribution >= 4 is 21.5 Å². The summed E-state index contributed by atoms with van der Waals surface area (Å²) in [4.78, 5) is 3.46. The molecule has 17 heavy (non-hydrogen) atoms. The highest BCUT2D eigenvalue weighted by Gasteiger charge is 2.21. The molecule has 2 aromatic heterocycles. The van der Waals surface area contributed by atoms with Crippen LogP contribution >= 0.6 is 0 Å². The van der Waals surface area contributed by atoms with Crippen LogP contribution in [0.5, 0.6) is 0 Å². The van der Waals surface area contributed by atoms with Crippen molar-refractivity contribution in [3.63, 3.8) is 0 Å². The fourth-order valence-corrected chi connectivity index (χ4v) is 2.18. The summed E-state index contributed by atoms with van der Waals surface area (Å²) in [6.07, 6.45) is 2.40. The summed E-state index contributed by atoms with van der Waals surface area (Å²) >= 11 is 0. The molecule has 0 saturated carbocycles. The van der Waals surface area contributed by atoms with Crippen molar-refractivity contribution in [3.05, 3.63) is 30.3 Å². The first-order valence-electron chi connectivity index (χ1n) is 4.43. The molecule has 2 heterocycles. The minimum absolute atomic E-state index is 0.0324. The van der Waals surface area contributed by atoms with Gasteiger partial charge in [0.15, 0.2) is 11.6 Å². The standard InChI is InChI=1S/C8H8FN5O2S/c9-5-2-1-3-11-8(5)17(15,16)14-7-6(10)4-12-13-7/h1-4H,10H2,(H2,12,13,14). The highest BCUT2D eigenvalue weighted by atomic mass is 32.2. The van der Waals surface area contributed by atoms with Crippen LogP contribution in [0.3, 0.4) is 0 Å². The number of pyridine rings is 1. The molecular formula is C8H8FN5O2S. The Kier molecular flexibility index (Phi) is 2.68. The van der Waals surface area contributed by atoms with Gasteiger partial charge in [-0.05, 0) is 12.1 Å². The van der Waals surface area contributed by atoms with Crippen molar-refractivity contribution in [2.45, 2.75) is 5.03 Å². The molecule has 0 amide bonds. The second kappa shape index (κ2) is 4.01. The fourth-order valence-electron chi connectivity index (χ4n) is 1.13. The van der Waals surface area contributed by atoms with Gasteiger partial charge in [-0.1, -0.05) is 0 Å². The second-order valence-corrected chi connectivity index (χ2v) is 4.69. The van der Waals surface area contributed by atoms with Gasteiger partial charge in [-0.25, -0.2) is 9.37 Å². The van der Waals surface area contributed by atoms with E-state index in [4.69, 9.17) is 5.73 Å². The molecule has 0 saturated heterocycles. The molecular weight excluding hydrogens is 249 g/mol. The van der Waals surface area contributed by atoms with Crippen molar-refractivity contribution in [2.24, 2.45) is 0 Å². The van der Waals surface area contributed by atoms with Gasteiger partial charge in [0, 0.05) is 6.20 Å². The first kappa shape index (κ1) is 11.3. The summed E-state index contributed by atoms with van der Waals surface area (Å²) < 4.78 is 38.8. The molecule has 0 radical (unpaired) electrons. The third-order valence-corrected chi connectivity index (χ3v) is 3.17. The Morgan fingerprint density at radius 2 is 2.24 bits per heavy atom. The van der Waals surface area contributed by atoms with Crippen LogP contribution < -0.4 is 10.5 Å². The Morgan fingerprint density at radius 1 is 1.47 bits per heavy atom. The van der Waals surface area contributed by atoms with Crippen LogP contribution in [-0.2, 0) is 10.0 Å². The summed E-state index contributed by atoms with van der Waals surface area (Å²) in [5.41, 5.74) is 5.53. The van der Waals surface area contributed by atoms with E-state index in [1.807, 2.05) is 0 Å². The topological polar surface area (TPSA) is 114 Å². The summed E-state index contributed by atoms with van der Waals surface area (Å²) in [6, 6.07) is 2.29. The maximum absolute atomic E-state index is 13.3. The molecule has 0 aromatic carbocycles. The van der Waals surface area contributed by atoms with Crippen molar-refractivity contribution in [1.29, 1.82) is 0 Å². The molecule has 0 aliphatic heterocycles. The molecule has 4 N–H and O–H groups in total. The summed E-state index contributed by atoms with van der Waals surface area (Å²) in [5, 5.41) is 5.17. The number of nitrogens with zero attached hydrogens (tertiary/aromatic N) is 2. The van der Waals surface area contributed by atoms with E-state index >= 15 is 0 Å². The average Bonchev–Trinajstić information content (AvgIpc) is 2.64. The summed E-state index contributed by atoms with van der Waals surface area (Å²) in [5.74, 6) is -0.979. The third kappa shape index (κ3) is 2.18. The lowest BCUT2D eigenvalue weighted by molar-refractivity contribution is 0.556. The van der Waals surface area contributed by atoms with E-state index in [1.54, 1.807) is 0 Å². The van der Waals surface area contributed by atoms with E-state index in [0.29, 0.717) is 0 Å². The molecule has 9 heteroatoms. The molecule has 7 nitrogen and oxygen atoms in total. The number of halogens is 1. The number of nitrogens with one attached hydrogen (secondary N) is 2. The first-order chi connectivity index (χ1) is 8.00. The Bertz CT molecular complexity index is 639. The SMILES string of the molecule is Nc1cn[nH]c1NS(=O)(=O)c1ncccc1F. The highest BCUT2D eigenvalue weighted by molar-refractivity contribution is 7.92. The number of H-pyrrole nitrogens is 1. The van der Waals surface area contributed by atoms with Crippen LogP contribution in [0.15, 0.2) is 29.6 Å². The van der Waals surface area contributed by atoms with Gasteiger partial charge in [-0.15, -0.1) is 0 Å². The molecule has 0 fully saturated rings. The smallest absolute Gasteiger partial charge is 0.283 e. The van der Waals surface area contributed by atoms with Crippen LogP contribution in [-0.4, -0.2) is 23.6 Å². The molecule has 0 spiro atoms. The lowest BCUT2D eigenvalue weighted by Gasteiger charge is -2.06. The zero-order valence-corrected chi connectivity index (χ0v) is 9.20. The lowest BCUT2D eigenvalue weighted by Crippen LogP contribution is -2.17. The Morgan fingerprint density at radius 3 is 2.82 bits per heavy atom. The van der Waals surface area contributed by atoms with Crippen molar-refractivity contribution < 1.29 is 12.8 Å².